The van der Waals surface area contributed by atoms with Gasteiger partial charge in [0.1, 0.15) is 5.75 Å². The smallest absolute Gasteiger partial charge is 0.281 e. The van der Waals surface area contributed by atoms with E-state index in [9.17, 15) is 4.79 Å². The number of para-hydroxylation sites is 1. The lowest BCUT2D eigenvalue weighted by Gasteiger charge is -2.12. The van der Waals surface area contributed by atoms with Crippen LogP contribution in [0.2, 0.25) is 0 Å². The molecule has 1 amide bonds. The topological polar surface area (TPSA) is 47.6 Å². The highest BCUT2D eigenvalue weighted by Gasteiger charge is 2.07. The fourth-order valence-electron chi connectivity index (χ4n) is 2.55. The third-order valence-corrected chi connectivity index (χ3v) is 3.84. The van der Waals surface area contributed by atoms with Gasteiger partial charge in [-0.05, 0) is 22.8 Å². The van der Waals surface area contributed by atoms with Crippen LogP contribution in [0.5, 0.6) is 5.75 Å². The highest BCUT2D eigenvalue weighted by molar-refractivity contribution is 5.76. The third-order valence-electron chi connectivity index (χ3n) is 3.84. The Labute approximate surface area is 153 Å². The lowest BCUT2D eigenvalue weighted by atomic mass is 10.0. The van der Waals surface area contributed by atoms with Crippen LogP contribution in [-0.4, -0.2) is 12.5 Å². The number of amides is 1. The first-order valence-electron chi connectivity index (χ1n) is 8.50. The van der Waals surface area contributed by atoms with Crippen molar-refractivity contribution in [3.8, 4) is 5.75 Å². The molecule has 0 aliphatic rings. The summed E-state index contributed by atoms with van der Waals surface area (Å²) in [4.78, 5) is 17.1. The molecular weight excluding hydrogens is 326 g/mol. The van der Waals surface area contributed by atoms with E-state index in [4.69, 9.17) is 9.57 Å². The Kier molecular flexibility index (Phi) is 6.40. The van der Waals surface area contributed by atoms with Crippen LogP contribution in [0.3, 0.4) is 0 Å². The molecule has 0 radical (unpaired) electrons. The molecule has 0 aromatic heterocycles. The Morgan fingerprint density at radius 2 is 1.38 bits per heavy atom. The van der Waals surface area contributed by atoms with Gasteiger partial charge in [-0.2, -0.15) is 0 Å². The van der Waals surface area contributed by atoms with Crippen LogP contribution in [0.1, 0.15) is 16.7 Å². The van der Waals surface area contributed by atoms with Crippen LogP contribution >= 0.6 is 0 Å². The first kappa shape index (κ1) is 17.7. The van der Waals surface area contributed by atoms with E-state index in [1.54, 1.807) is 0 Å². The van der Waals surface area contributed by atoms with Crippen LogP contribution in [0.15, 0.2) is 84.9 Å². The zero-order chi connectivity index (χ0) is 18.0. The van der Waals surface area contributed by atoms with Gasteiger partial charge in [-0.15, -0.1) is 0 Å². The second-order valence-corrected chi connectivity index (χ2v) is 5.86. The molecule has 0 spiro atoms. The van der Waals surface area contributed by atoms with E-state index < -0.39 is 0 Å². The van der Waals surface area contributed by atoms with Crippen molar-refractivity contribution in [3.05, 3.63) is 102 Å². The number of carbonyl (C=O) groups excluding carboxylic acids is 1. The summed E-state index contributed by atoms with van der Waals surface area (Å²) in [6.07, 6.45) is 0.753. The molecule has 0 heterocycles. The Morgan fingerprint density at radius 1 is 0.769 bits per heavy atom. The minimum absolute atomic E-state index is 0.0966. The number of benzene rings is 3. The minimum atomic E-state index is -0.324. The van der Waals surface area contributed by atoms with Crippen molar-refractivity contribution in [3.63, 3.8) is 0 Å². The maximum atomic E-state index is 11.9. The summed E-state index contributed by atoms with van der Waals surface area (Å²) in [6, 6.07) is 27.5. The van der Waals surface area contributed by atoms with Gasteiger partial charge in [0.05, 0.1) is 6.61 Å². The standard InChI is InChI=1S/C22H21NO3/c24-22(23-26-16-19-11-5-2-6-12-19)17-25-21-14-8-7-13-20(21)15-18-9-3-1-4-10-18/h1-14H,15-17H2,(H,23,24). The first-order chi connectivity index (χ1) is 12.8. The van der Waals surface area contributed by atoms with Crippen molar-refractivity contribution in [2.45, 2.75) is 13.0 Å². The van der Waals surface area contributed by atoms with Gasteiger partial charge in [0, 0.05) is 6.42 Å². The zero-order valence-electron chi connectivity index (χ0n) is 14.4. The Morgan fingerprint density at radius 3 is 2.12 bits per heavy atom. The lowest BCUT2D eigenvalue weighted by Crippen LogP contribution is -2.29. The molecule has 3 rings (SSSR count). The third kappa shape index (κ3) is 5.46. The SMILES string of the molecule is O=C(COc1ccccc1Cc1ccccc1)NOCc1ccccc1. The number of rotatable bonds is 8. The van der Waals surface area contributed by atoms with Gasteiger partial charge >= 0.3 is 0 Å². The van der Waals surface area contributed by atoms with E-state index in [1.807, 2.05) is 72.8 Å². The molecule has 0 aliphatic carbocycles. The molecule has 132 valence electrons. The van der Waals surface area contributed by atoms with Crippen molar-refractivity contribution in [1.29, 1.82) is 0 Å². The molecular formula is C22H21NO3. The summed E-state index contributed by atoms with van der Waals surface area (Å²) in [7, 11) is 0. The molecule has 0 unspecified atom stereocenters. The average Bonchev–Trinajstić information content (AvgIpc) is 2.69. The van der Waals surface area contributed by atoms with Crippen molar-refractivity contribution in [2.75, 3.05) is 6.61 Å². The van der Waals surface area contributed by atoms with Gasteiger partial charge in [0.15, 0.2) is 6.61 Å². The number of hydroxylamine groups is 1. The maximum absolute atomic E-state index is 11.9. The van der Waals surface area contributed by atoms with Gasteiger partial charge in [0.25, 0.3) is 5.91 Å². The van der Waals surface area contributed by atoms with E-state index in [-0.39, 0.29) is 12.5 Å². The average molecular weight is 347 g/mol. The molecule has 4 heteroatoms. The van der Waals surface area contributed by atoms with Gasteiger partial charge < -0.3 is 4.74 Å². The lowest BCUT2D eigenvalue weighted by molar-refractivity contribution is -0.136. The summed E-state index contributed by atoms with van der Waals surface area (Å²) >= 11 is 0. The van der Waals surface area contributed by atoms with Crippen LogP contribution in [0, 0.1) is 0 Å². The Bertz CT molecular complexity index is 819. The first-order valence-corrected chi connectivity index (χ1v) is 8.50. The van der Waals surface area contributed by atoms with Crippen molar-refractivity contribution in [1.82, 2.24) is 5.48 Å². The van der Waals surface area contributed by atoms with Crippen LogP contribution in [0.4, 0.5) is 0 Å². The van der Waals surface area contributed by atoms with Crippen molar-refractivity contribution < 1.29 is 14.4 Å². The largest absolute Gasteiger partial charge is 0.483 e. The van der Waals surface area contributed by atoms with E-state index in [0.29, 0.717) is 12.4 Å². The molecule has 0 atom stereocenters. The minimum Gasteiger partial charge on any atom is -0.483 e. The molecule has 0 saturated heterocycles. The second kappa shape index (κ2) is 9.39. The number of ether oxygens (including phenoxy) is 1. The molecule has 3 aromatic rings. The highest BCUT2D eigenvalue weighted by atomic mass is 16.7. The fourth-order valence-corrected chi connectivity index (χ4v) is 2.55. The molecule has 4 nitrogen and oxygen atoms in total. The van der Waals surface area contributed by atoms with Gasteiger partial charge in [-0.1, -0.05) is 78.9 Å². The van der Waals surface area contributed by atoms with E-state index >= 15 is 0 Å². The van der Waals surface area contributed by atoms with Gasteiger partial charge in [-0.25, -0.2) is 5.48 Å². The van der Waals surface area contributed by atoms with E-state index in [0.717, 1.165) is 17.5 Å². The number of nitrogens with one attached hydrogen (secondary N) is 1. The fraction of sp³-hybridized carbons (Fsp3) is 0.136. The highest BCUT2D eigenvalue weighted by Crippen LogP contribution is 2.21. The zero-order valence-corrected chi connectivity index (χ0v) is 14.4. The molecule has 0 aliphatic heterocycles. The van der Waals surface area contributed by atoms with E-state index in [1.165, 1.54) is 5.56 Å². The summed E-state index contributed by atoms with van der Waals surface area (Å²) in [5, 5.41) is 0. The predicted molar refractivity (Wildman–Crippen MR) is 101 cm³/mol. The van der Waals surface area contributed by atoms with Crippen molar-refractivity contribution in [2.24, 2.45) is 0 Å². The normalized spacial score (nSPS) is 10.3. The maximum Gasteiger partial charge on any atom is 0.281 e. The summed E-state index contributed by atoms with van der Waals surface area (Å²) in [5.41, 5.74) is 5.63. The summed E-state index contributed by atoms with van der Waals surface area (Å²) in [5.74, 6) is 0.380. The molecule has 3 aromatic carbocycles. The van der Waals surface area contributed by atoms with E-state index in [2.05, 4.69) is 17.6 Å². The molecule has 0 fully saturated rings. The molecule has 26 heavy (non-hydrogen) atoms. The number of hydrogen-bond donors (Lipinski definition) is 1. The number of carbonyl (C=O) groups is 1. The van der Waals surface area contributed by atoms with Crippen LogP contribution < -0.4 is 10.2 Å². The Hall–Kier alpha value is -3.11. The van der Waals surface area contributed by atoms with Crippen LogP contribution in [0.25, 0.3) is 0 Å². The van der Waals surface area contributed by atoms with Crippen molar-refractivity contribution >= 4 is 5.91 Å². The molecule has 0 saturated carbocycles. The second-order valence-electron chi connectivity index (χ2n) is 5.86. The number of hydrogen-bond acceptors (Lipinski definition) is 3. The Balaban J connectivity index is 1.49. The van der Waals surface area contributed by atoms with Gasteiger partial charge in [0.2, 0.25) is 0 Å². The molecule has 1 N–H and O–H groups in total. The summed E-state index contributed by atoms with van der Waals surface area (Å²) < 4.78 is 5.68. The van der Waals surface area contributed by atoms with Crippen LogP contribution in [-0.2, 0) is 22.7 Å². The predicted octanol–water partition coefficient (Wildman–Crippen LogP) is 3.90. The monoisotopic (exact) mass is 347 g/mol. The quantitative estimate of drug-likeness (QED) is 0.629. The molecule has 0 bridgehead atoms. The summed E-state index contributed by atoms with van der Waals surface area (Å²) in [6.45, 7) is 0.220. The van der Waals surface area contributed by atoms with Gasteiger partial charge in [-0.3, -0.25) is 9.63 Å².